The van der Waals surface area contributed by atoms with Crippen LogP contribution in [0.3, 0.4) is 0 Å². The van der Waals surface area contributed by atoms with E-state index in [2.05, 4.69) is 21.4 Å². The molecule has 0 bridgehead atoms. The second-order valence-corrected chi connectivity index (χ2v) is 1.75. The van der Waals surface area contributed by atoms with Gasteiger partial charge >= 0.3 is 0 Å². The number of nitrogens with zero attached hydrogens (tertiary/aromatic N) is 1. The highest BCUT2D eigenvalue weighted by atomic mass is 16.5. The zero-order valence-corrected chi connectivity index (χ0v) is 7.22. The maximum absolute atomic E-state index is 5.19. The van der Waals surface area contributed by atoms with Crippen LogP contribution in [0.2, 0.25) is 0 Å². The van der Waals surface area contributed by atoms with E-state index in [0.717, 1.165) is 0 Å². The van der Waals surface area contributed by atoms with Crippen molar-refractivity contribution in [1.29, 1.82) is 0 Å². The van der Waals surface area contributed by atoms with Crippen LogP contribution in [0.5, 0.6) is 0 Å². The SMILES string of the molecule is C/C=N\NC(NNC)OCC. The smallest absolute Gasteiger partial charge is 0.211 e. The molecule has 0 amide bonds. The van der Waals surface area contributed by atoms with Gasteiger partial charge in [-0.1, -0.05) is 0 Å². The summed E-state index contributed by atoms with van der Waals surface area (Å²) >= 11 is 0. The number of hydrogen-bond donors (Lipinski definition) is 3. The fourth-order valence-corrected chi connectivity index (χ4v) is 0.551. The number of hydrogen-bond acceptors (Lipinski definition) is 5. The van der Waals surface area contributed by atoms with Crippen LogP contribution in [-0.2, 0) is 4.74 Å². The lowest BCUT2D eigenvalue weighted by atomic mass is 10.8. The van der Waals surface area contributed by atoms with Gasteiger partial charge < -0.3 is 4.74 Å². The molecule has 0 spiro atoms. The zero-order valence-electron chi connectivity index (χ0n) is 7.22. The molecule has 5 heteroatoms. The Bertz CT molecular complexity index is 101. The van der Waals surface area contributed by atoms with E-state index in [1.54, 1.807) is 13.3 Å². The Morgan fingerprint density at radius 2 is 2.36 bits per heavy atom. The molecule has 0 aliphatic carbocycles. The lowest BCUT2D eigenvalue weighted by molar-refractivity contribution is 0.00625. The van der Waals surface area contributed by atoms with Gasteiger partial charge in [-0.2, -0.15) is 5.10 Å². The van der Waals surface area contributed by atoms with Crippen LogP contribution in [0.15, 0.2) is 5.10 Å². The monoisotopic (exact) mass is 160 g/mol. The Morgan fingerprint density at radius 3 is 2.82 bits per heavy atom. The first-order valence-corrected chi connectivity index (χ1v) is 3.62. The first-order chi connectivity index (χ1) is 5.35. The summed E-state index contributed by atoms with van der Waals surface area (Å²) in [7, 11) is 1.77. The standard InChI is InChI=1S/C6H16N4O/c1-4-8-10-6(9-7-3)11-5-2/h4,6-7,9-10H,5H2,1-3H3/b8-4-. The first-order valence-electron chi connectivity index (χ1n) is 3.62. The minimum atomic E-state index is -0.277. The van der Waals surface area contributed by atoms with Crippen LogP contribution in [0.1, 0.15) is 13.8 Å². The fraction of sp³-hybridized carbons (Fsp3) is 0.833. The Morgan fingerprint density at radius 1 is 1.64 bits per heavy atom. The summed E-state index contributed by atoms with van der Waals surface area (Å²) in [5.41, 5.74) is 8.32. The summed E-state index contributed by atoms with van der Waals surface area (Å²) in [6.45, 7) is 4.38. The van der Waals surface area contributed by atoms with Crippen molar-refractivity contribution < 1.29 is 4.74 Å². The molecule has 0 fully saturated rings. The van der Waals surface area contributed by atoms with E-state index >= 15 is 0 Å². The largest absolute Gasteiger partial charge is 0.343 e. The molecule has 0 aliphatic rings. The number of hydrazine groups is 1. The average molecular weight is 160 g/mol. The van der Waals surface area contributed by atoms with Crippen molar-refractivity contribution in [1.82, 2.24) is 16.3 Å². The molecule has 1 atom stereocenters. The highest BCUT2D eigenvalue weighted by Gasteiger charge is 2.01. The van der Waals surface area contributed by atoms with E-state index in [-0.39, 0.29) is 6.35 Å². The Labute approximate surface area is 67.2 Å². The van der Waals surface area contributed by atoms with Crippen molar-refractivity contribution in [3.8, 4) is 0 Å². The third-order valence-electron chi connectivity index (χ3n) is 0.930. The summed E-state index contributed by atoms with van der Waals surface area (Å²) in [5, 5.41) is 3.81. The van der Waals surface area contributed by atoms with E-state index in [0.29, 0.717) is 6.61 Å². The van der Waals surface area contributed by atoms with Gasteiger partial charge in [-0.05, 0) is 20.9 Å². The lowest BCUT2D eigenvalue weighted by Crippen LogP contribution is -2.47. The van der Waals surface area contributed by atoms with E-state index in [1.807, 2.05) is 13.8 Å². The van der Waals surface area contributed by atoms with Crippen LogP contribution >= 0.6 is 0 Å². The lowest BCUT2D eigenvalue weighted by Gasteiger charge is -2.16. The van der Waals surface area contributed by atoms with Crippen molar-refractivity contribution in [2.45, 2.75) is 20.2 Å². The molecule has 0 radical (unpaired) electrons. The summed E-state index contributed by atoms with van der Waals surface area (Å²) in [4.78, 5) is 0. The number of ether oxygens (including phenoxy) is 1. The molecule has 0 heterocycles. The second kappa shape index (κ2) is 7.46. The van der Waals surface area contributed by atoms with Crippen molar-refractivity contribution in [2.75, 3.05) is 13.7 Å². The maximum atomic E-state index is 5.19. The van der Waals surface area contributed by atoms with E-state index < -0.39 is 0 Å². The Balaban J connectivity index is 3.50. The summed E-state index contributed by atoms with van der Waals surface area (Å²) in [5.74, 6) is 0. The minimum absolute atomic E-state index is 0.277. The van der Waals surface area contributed by atoms with Crippen LogP contribution in [0.25, 0.3) is 0 Å². The Kier molecular flexibility index (Phi) is 7.02. The molecule has 3 N–H and O–H groups in total. The minimum Gasteiger partial charge on any atom is -0.343 e. The predicted molar refractivity (Wildman–Crippen MR) is 44.9 cm³/mol. The van der Waals surface area contributed by atoms with Crippen LogP contribution in [0.4, 0.5) is 0 Å². The predicted octanol–water partition coefficient (Wildman–Crippen LogP) is -0.374. The van der Waals surface area contributed by atoms with Gasteiger partial charge in [-0.15, -0.1) is 0 Å². The molecule has 0 rings (SSSR count). The maximum Gasteiger partial charge on any atom is 0.211 e. The van der Waals surface area contributed by atoms with Crippen LogP contribution in [-0.4, -0.2) is 26.2 Å². The van der Waals surface area contributed by atoms with E-state index in [1.165, 1.54) is 0 Å². The molecule has 0 saturated carbocycles. The third kappa shape index (κ3) is 5.78. The molecule has 0 aromatic rings. The summed E-state index contributed by atoms with van der Waals surface area (Å²) in [6.07, 6.45) is 1.38. The van der Waals surface area contributed by atoms with Crippen molar-refractivity contribution in [3.05, 3.63) is 0 Å². The topological polar surface area (TPSA) is 57.7 Å². The van der Waals surface area contributed by atoms with Crippen LogP contribution < -0.4 is 16.3 Å². The van der Waals surface area contributed by atoms with Gasteiger partial charge in [0.1, 0.15) is 0 Å². The van der Waals surface area contributed by atoms with Gasteiger partial charge in [-0.3, -0.25) is 10.9 Å². The van der Waals surface area contributed by atoms with Gasteiger partial charge in [0.15, 0.2) is 0 Å². The van der Waals surface area contributed by atoms with E-state index in [9.17, 15) is 0 Å². The average Bonchev–Trinajstić information content (AvgIpc) is 2.01. The summed E-state index contributed by atoms with van der Waals surface area (Å²) in [6, 6.07) is 0. The number of nitrogens with one attached hydrogen (secondary N) is 3. The molecule has 0 aromatic heterocycles. The molecule has 11 heavy (non-hydrogen) atoms. The van der Waals surface area contributed by atoms with Crippen molar-refractivity contribution in [2.24, 2.45) is 5.10 Å². The van der Waals surface area contributed by atoms with Gasteiger partial charge in [0.05, 0.1) is 0 Å². The normalized spacial score (nSPS) is 13.7. The molecule has 66 valence electrons. The molecular weight excluding hydrogens is 144 g/mol. The quantitative estimate of drug-likeness (QED) is 0.282. The summed E-state index contributed by atoms with van der Waals surface area (Å²) < 4.78 is 5.19. The number of rotatable bonds is 6. The highest BCUT2D eigenvalue weighted by Crippen LogP contribution is 1.79. The number of hydrazone groups is 1. The van der Waals surface area contributed by atoms with Crippen LogP contribution in [0, 0.1) is 0 Å². The van der Waals surface area contributed by atoms with E-state index in [4.69, 9.17) is 4.74 Å². The second-order valence-electron chi connectivity index (χ2n) is 1.75. The van der Waals surface area contributed by atoms with Gasteiger partial charge in [-0.25, -0.2) is 5.43 Å². The molecule has 0 aromatic carbocycles. The zero-order chi connectivity index (χ0) is 8.53. The molecule has 0 aliphatic heterocycles. The first kappa shape index (κ1) is 10.3. The molecule has 1 unspecified atom stereocenters. The highest BCUT2D eigenvalue weighted by molar-refractivity contribution is 5.52. The van der Waals surface area contributed by atoms with Crippen molar-refractivity contribution >= 4 is 6.21 Å². The van der Waals surface area contributed by atoms with Crippen molar-refractivity contribution in [3.63, 3.8) is 0 Å². The molecular formula is C6H16N4O. The van der Waals surface area contributed by atoms with Gasteiger partial charge in [0, 0.05) is 12.8 Å². The van der Waals surface area contributed by atoms with Gasteiger partial charge in [0.25, 0.3) is 0 Å². The fourth-order valence-electron chi connectivity index (χ4n) is 0.551. The molecule has 5 nitrogen and oxygen atoms in total. The van der Waals surface area contributed by atoms with Gasteiger partial charge in [0.2, 0.25) is 6.35 Å². The molecule has 0 saturated heterocycles. The Hall–Kier alpha value is -0.650. The third-order valence-corrected chi connectivity index (χ3v) is 0.930.